The Balaban J connectivity index is 1.67. The van der Waals surface area contributed by atoms with Crippen LogP contribution in [0.1, 0.15) is 24.0 Å². The van der Waals surface area contributed by atoms with E-state index in [0.29, 0.717) is 13.0 Å². The fraction of sp³-hybridized carbons (Fsp3) is 0.391. The van der Waals surface area contributed by atoms with Gasteiger partial charge in [0.1, 0.15) is 0 Å². The first kappa shape index (κ1) is 23.1. The monoisotopic (exact) mass is 461 g/mol. The molecular formula is C23H28ClN3OS2. The van der Waals surface area contributed by atoms with Crippen molar-refractivity contribution in [1.82, 2.24) is 9.88 Å². The van der Waals surface area contributed by atoms with Gasteiger partial charge in [-0.3, -0.25) is 9.69 Å². The number of aryl methyl sites for hydroxylation is 2. The van der Waals surface area contributed by atoms with Crippen LogP contribution in [0, 0.1) is 13.8 Å². The molecule has 7 heteroatoms. The average Bonchev–Trinajstić information content (AvgIpc) is 3.10. The number of likely N-dealkylation sites (N-methyl/N-ethyl adjacent to an activating group) is 1. The maximum Gasteiger partial charge on any atom is 0.228 e. The maximum absolute atomic E-state index is 13.1. The van der Waals surface area contributed by atoms with Gasteiger partial charge in [0.15, 0.2) is 5.13 Å². The molecule has 0 unspecified atom stereocenters. The molecule has 1 amide bonds. The second-order valence-electron chi connectivity index (χ2n) is 7.68. The molecule has 0 saturated carbocycles. The summed E-state index contributed by atoms with van der Waals surface area (Å²) < 4.78 is 1.14. The third kappa shape index (κ3) is 6.20. The van der Waals surface area contributed by atoms with Crippen molar-refractivity contribution in [1.29, 1.82) is 0 Å². The summed E-state index contributed by atoms with van der Waals surface area (Å²) >= 11 is 9.30. The highest BCUT2D eigenvalue weighted by atomic mass is 35.5. The molecule has 0 N–H and O–H groups in total. The fourth-order valence-electron chi connectivity index (χ4n) is 3.18. The van der Waals surface area contributed by atoms with Crippen LogP contribution in [0.5, 0.6) is 0 Å². The van der Waals surface area contributed by atoms with Gasteiger partial charge in [-0.05, 0) is 81.6 Å². The molecule has 0 atom stereocenters. The van der Waals surface area contributed by atoms with Crippen LogP contribution in [0.2, 0.25) is 5.02 Å². The van der Waals surface area contributed by atoms with Crippen molar-refractivity contribution in [3.05, 3.63) is 52.5 Å². The lowest BCUT2D eigenvalue weighted by Gasteiger charge is -2.22. The molecule has 1 aromatic heterocycles. The molecule has 0 fully saturated rings. The third-order valence-electron chi connectivity index (χ3n) is 4.74. The number of halogens is 1. The van der Waals surface area contributed by atoms with Crippen LogP contribution in [-0.2, 0) is 4.79 Å². The number of carbonyl (C=O) groups is 1. The predicted octanol–water partition coefficient (Wildman–Crippen LogP) is 6.03. The van der Waals surface area contributed by atoms with E-state index in [9.17, 15) is 4.79 Å². The summed E-state index contributed by atoms with van der Waals surface area (Å²) in [4.78, 5) is 23.1. The van der Waals surface area contributed by atoms with Gasteiger partial charge in [0.05, 0.1) is 10.2 Å². The molecule has 0 aliphatic heterocycles. The molecule has 0 aliphatic rings. The van der Waals surface area contributed by atoms with Gasteiger partial charge in [0.25, 0.3) is 0 Å². The van der Waals surface area contributed by atoms with Gasteiger partial charge in [0.2, 0.25) is 5.91 Å². The van der Waals surface area contributed by atoms with Crippen LogP contribution < -0.4 is 4.90 Å². The summed E-state index contributed by atoms with van der Waals surface area (Å²) in [5.41, 5.74) is 3.38. The van der Waals surface area contributed by atoms with E-state index < -0.39 is 0 Å². The highest BCUT2D eigenvalue weighted by Gasteiger charge is 2.20. The molecule has 3 aromatic rings. The normalized spacial score (nSPS) is 11.4. The number of benzene rings is 2. The van der Waals surface area contributed by atoms with Gasteiger partial charge >= 0.3 is 0 Å². The number of aromatic nitrogens is 1. The van der Waals surface area contributed by atoms with E-state index in [1.807, 2.05) is 43.3 Å². The Kier molecular flexibility index (Phi) is 8.17. The fourth-order valence-corrected chi connectivity index (χ4v) is 5.34. The number of anilines is 1. The topological polar surface area (TPSA) is 36.4 Å². The Morgan fingerprint density at radius 3 is 2.57 bits per heavy atom. The van der Waals surface area contributed by atoms with Crippen molar-refractivity contribution < 1.29 is 4.79 Å². The van der Waals surface area contributed by atoms with Crippen LogP contribution in [0.25, 0.3) is 10.2 Å². The van der Waals surface area contributed by atoms with E-state index in [0.717, 1.165) is 44.7 Å². The minimum atomic E-state index is 0.141. The summed E-state index contributed by atoms with van der Waals surface area (Å²) in [6, 6.07) is 12.1. The van der Waals surface area contributed by atoms with E-state index in [-0.39, 0.29) is 5.91 Å². The maximum atomic E-state index is 13.1. The number of rotatable bonds is 9. The van der Waals surface area contributed by atoms with Crippen molar-refractivity contribution in [3.8, 4) is 0 Å². The van der Waals surface area contributed by atoms with Gasteiger partial charge < -0.3 is 4.90 Å². The standard InChI is InChI=1S/C23H28ClN3OS2/c1-16-14-17(2)22-20(15-16)30-23(25-22)27(12-11-26(3)4)21(28)6-5-13-29-19-9-7-18(24)8-10-19/h7-10,14-15H,5-6,11-13H2,1-4H3. The van der Waals surface area contributed by atoms with E-state index in [1.54, 1.807) is 23.1 Å². The van der Waals surface area contributed by atoms with Crippen LogP contribution in [0.3, 0.4) is 0 Å². The Morgan fingerprint density at radius 1 is 1.13 bits per heavy atom. The smallest absolute Gasteiger partial charge is 0.228 e. The summed E-state index contributed by atoms with van der Waals surface area (Å²) in [6.45, 7) is 5.63. The Labute approximate surface area is 192 Å². The molecule has 0 spiro atoms. The predicted molar refractivity (Wildman–Crippen MR) is 131 cm³/mol. The van der Waals surface area contributed by atoms with Gasteiger partial charge in [-0.15, -0.1) is 11.8 Å². The first-order chi connectivity index (χ1) is 14.3. The zero-order valence-electron chi connectivity index (χ0n) is 17.9. The first-order valence-electron chi connectivity index (χ1n) is 10.0. The summed E-state index contributed by atoms with van der Waals surface area (Å²) in [5.74, 6) is 1.04. The molecule has 1 heterocycles. The van der Waals surface area contributed by atoms with E-state index in [2.05, 4.69) is 30.9 Å². The number of carbonyl (C=O) groups excluding carboxylic acids is 1. The van der Waals surface area contributed by atoms with E-state index >= 15 is 0 Å². The van der Waals surface area contributed by atoms with Crippen LogP contribution in [-0.4, -0.2) is 48.7 Å². The van der Waals surface area contributed by atoms with Crippen molar-refractivity contribution in [2.75, 3.05) is 37.8 Å². The molecule has 0 bridgehead atoms. The van der Waals surface area contributed by atoms with Gasteiger partial charge in [0, 0.05) is 29.4 Å². The number of nitrogens with zero attached hydrogens (tertiary/aromatic N) is 3. The van der Waals surface area contributed by atoms with Gasteiger partial charge in [-0.2, -0.15) is 0 Å². The molecule has 4 nitrogen and oxygen atoms in total. The molecule has 3 rings (SSSR count). The largest absolute Gasteiger partial charge is 0.308 e. The lowest BCUT2D eigenvalue weighted by Crippen LogP contribution is -2.36. The zero-order valence-corrected chi connectivity index (χ0v) is 20.3. The van der Waals surface area contributed by atoms with E-state index in [1.165, 1.54) is 10.5 Å². The highest BCUT2D eigenvalue weighted by Crippen LogP contribution is 2.32. The molecule has 2 aromatic carbocycles. The third-order valence-corrected chi connectivity index (χ3v) is 7.11. The quantitative estimate of drug-likeness (QED) is 0.288. The number of fused-ring (bicyclic) bond motifs is 1. The first-order valence-corrected chi connectivity index (χ1v) is 12.2. The van der Waals surface area contributed by atoms with Gasteiger partial charge in [-0.1, -0.05) is 29.0 Å². The zero-order chi connectivity index (χ0) is 21.7. The van der Waals surface area contributed by atoms with Crippen LogP contribution in [0.4, 0.5) is 5.13 Å². The van der Waals surface area contributed by atoms with Crippen LogP contribution in [0.15, 0.2) is 41.3 Å². The average molecular weight is 462 g/mol. The number of thioether (sulfide) groups is 1. The molecule has 30 heavy (non-hydrogen) atoms. The Morgan fingerprint density at radius 2 is 1.87 bits per heavy atom. The van der Waals surface area contributed by atoms with Crippen molar-refractivity contribution in [2.45, 2.75) is 31.6 Å². The molecule has 0 saturated heterocycles. The van der Waals surface area contributed by atoms with Crippen molar-refractivity contribution in [2.24, 2.45) is 0 Å². The second kappa shape index (κ2) is 10.6. The summed E-state index contributed by atoms with van der Waals surface area (Å²) in [6.07, 6.45) is 1.34. The van der Waals surface area contributed by atoms with Gasteiger partial charge in [-0.25, -0.2) is 4.98 Å². The Hall–Kier alpha value is -1.60. The van der Waals surface area contributed by atoms with Crippen molar-refractivity contribution >= 4 is 56.0 Å². The molecule has 0 aliphatic carbocycles. The number of thiazole rings is 1. The molecule has 160 valence electrons. The number of hydrogen-bond acceptors (Lipinski definition) is 5. The molecule has 0 radical (unpaired) electrons. The SMILES string of the molecule is Cc1cc(C)c2nc(N(CCN(C)C)C(=O)CCCSc3ccc(Cl)cc3)sc2c1. The van der Waals surface area contributed by atoms with Crippen molar-refractivity contribution in [3.63, 3.8) is 0 Å². The van der Waals surface area contributed by atoms with Crippen LogP contribution >= 0.6 is 34.7 Å². The second-order valence-corrected chi connectivity index (χ2v) is 10.3. The summed E-state index contributed by atoms with van der Waals surface area (Å²) in [5, 5.41) is 1.54. The number of amides is 1. The highest BCUT2D eigenvalue weighted by molar-refractivity contribution is 7.99. The minimum Gasteiger partial charge on any atom is -0.308 e. The lowest BCUT2D eigenvalue weighted by atomic mass is 10.1. The molecular weight excluding hydrogens is 434 g/mol. The lowest BCUT2D eigenvalue weighted by molar-refractivity contribution is -0.118. The Bertz CT molecular complexity index is 1000. The van der Waals surface area contributed by atoms with E-state index in [4.69, 9.17) is 16.6 Å². The number of hydrogen-bond donors (Lipinski definition) is 0. The minimum absolute atomic E-state index is 0.141. The summed E-state index contributed by atoms with van der Waals surface area (Å²) in [7, 11) is 4.05.